The Morgan fingerprint density at radius 1 is 1.38 bits per heavy atom. The van der Waals surface area contributed by atoms with Gasteiger partial charge in [0.25, 0.3) is 5.91 Å². The summed E-state index contributed by atoms with van der Waals surface area (Å²) in [5.74, 6) is 0.536. The molecular formula is C18H15ClN2O2S. The van der Waals surface area contributed by atoms with Crippen LogP contribution in [0.2, 0.25) is 5.02 Å². The van der Waals surface area contributed by atoms with E-state index in [2.05, 4.69) is 29.4 Å². The number of hydrogen-bond acceptors (Lipinski definition) is 4. The summed E-state index contributed by atoms with van der Waals surface area (Å²) >= 11 is 7.47. The van der Waals surface area contributed by atoms with E-state index in [-0.39, 0.29) is 5.91 Å². The molecule has 1 aromatic heterocycles. The summed E-state index contributed by atoms with van der Waals surface area (Å²) < 4.78 is 6.79. The lowest BCUT2D eigenvalue weighted by Crippen LogP contribution is -2.31. The first kappa shape index (κ1) is 15.4. The minimum Gasteiger partial charge on any atom is -0.480 e. The van der Waals surface area contributed by atoms with Gasteiger partial charge < -0.3 is 4.74 Å². The third-order valence-corrected chi connectivity index (χ3v) is 5.25. The number of nitrogens with one attached hydrogen (secondary N) is 1. The fraction of sp³-hybridized carbons (Fsp3) is 0.222. The number of rotatable bonds is 3. The fourth-order valence-corrected chi connectivity index (χ4v) is 3.92. The van der Waals surface area contributed by atoms with Crippen LogP contribution in [-0.2, 0) is 17.6 Å². The summed E-state index contributed by atoms with van der Waals surface area (Å²) in [7, 11) is 0. The van der Waals surface area contributed by atoms with Crippen LogP contribution in [0.25, 0.3) is 10.2 Å². The van der Waals surface area contributed by atoms with Crippen LogP contribution in [0.3, 0.4) is 0 Å². The highest BCUT2D eigenvalue weighted by Crippen LogP contribution is 2.32. The average molecular weight is 359 g/mol. The van der Waals surface area contributed by atoms with Crippen molar-refractivity contribution in [3.8, 4) is 5.75 Å². The van der Waals surface area contributed by atoms with Crippen molar-refractivity contribution in [3.63, 3.8) is 0 Å². The molecule has 122 valence electrons. The molecule has 2 heterocycles. The van der Waals surface area contributed by atoms with Crippen LogP contribution in [0, 0.1) is 0 Å². The molecule has 1 N–H and O–H groups in total. The molecule has 4 rings (SSSR count). The monoisotopic (exact) mass is 358 g/mol. The fourth-order valence-electron chi connectivity index (χ4n) is 2.79. The zero-order chi connectivity index (χ0) is 16.7. The molecule has 1 atom stereocenters. The number of carbonyl (C=O) groups excluding carboxylic acids is 1. The zero-order valence-corrected chi connectivity index (χ0v) is 14.6. The molecule has 0 spiro atoms. The van der Waals surface area contributed by atoms with E-state index in [0.717, 1.165) is 28.0 Å². The number of benzene rings is 2. The molecule has 0 fully saturated rings. The van der Waals surface area contributed by atoms with E-state index in [4.69, 9.17) is 16.3 Å². The van der Waals surface area contributed by atoms with Crippen LogP contribution in [-0.4, -0.2) is 17.0 Å². The Kier molecular flexibility index (Phi) is 3.90. The van der Waals surface area contributed by atoms with E-state index >= 15 is 0 Å². The second kappa shape index (κ2) is 6.07. The lowest BCUT2D eigenvalue weighted by atomic mass is 10.1. The predicted octanol–water partition coefficient (Wildman–Crippen LogP) is 4.45. The third kappa shape index (κ3) is 2.85. The molecule has 0 saturated carbocycles. The molecule has 0 aliphatic carbocycles. The molecule has 1 aliphatic heterocycles. The first-order valence-corrected chi connectivity index (χ1v) is 8.97. The van der Waals surface area contributed by atoms with E-state index < -0.39 is 6.10 Å². The zero-order valence-electron chi connectivity index (χ0n) is 13.0. The van der Waals surface area contributed by atoms with Crippen molar-refractivity contribution in [1.82, 2.24) is 4.98 Å². The molecule has 24 heavy (non-hydrogen) atoms. The highest BCUT2D eigenvalue weighted by molar-refractivity contribution is 7.22. The molecule has 0 radical (unpaired) electrons. The van der Waals surface area contributed by atoms with Gasteiger partial charge in [0.1, 0.15) is 5.75 Å². The molecular weight excluding hydrogens is 344 g/mol. The summed E-state index contributed by atoms with van der Waals surface area (Å²) in [6, 6.07) is 11.6. The van der Waals surface area contributed by atoms with Crippen LogP contribution < -0.4 is 10.1 Å². The van der Waals surface area contributed by atoms with Crippen LogP contribution in [0.1, 0.15) is 18.1 Å². The quantitative estimate of drug-likeness (QED) is 0.752. The number of aryl methyl sites for hydroxylation is 1. The van der Waals surface area contributed by atoms with Gasteiger partial charge in [0.2, 0.25) is 0 Å². The molecule has 4 nitrogen and oxygen atoms in total. The van der Waals surface area contributed by atoms with Gasteiger partial charge in [-0.3, -0.25) is 10.1 Å². The minimum absolute atomic E-state index is 0.183. The summed E-state index contributed by atoms with van der Waals surface area (Å²) in [6.45, 7) is 2.12. The molecule has 2 aromatic carbocycles. The Hall–Kier alpha value is -2.11. The Morgan fingerprint density at radius 2 is 2.25 bits per heavy atom. The van der Waals surface area contributed by atoms with Gasteiger partial charge in [-0.15, -0.1) is 0 Å². The van der Waals surface area contributed by atoms with Gasteiger partial charge in [-0.25, -0.2) is 4.98 Å². The Balaban J connectivity index is 1.50. The topological polar surface area (TPSA) is 51.2 Å². The van der Waals surface area contributed by atoms with Crippen molar-refractivity contribution in [2.75, 3.05) is 5.32 Å². The number of hydrogen-bond donors (Lipinski definition) is 1. The average Bonchev–Trinajstić information content (AvgIpc) is 3.16. The number of aromatic nitrogens is 1. The van der Waals surface area contributed by atoms with Crippen molar-refractivity contribution in [2.24, 2.45) is 0 Å². The summed E-state index contributed by atoms with van der Waals surface area (Å²) in [5.41, 5.74) is 3.12. The molecule has 1 unspecified atom stereocenters. The van der Waals surface area contributed by atoms with Gasteiger partial charge in [-0.05, 0) is 47.9 Å². The van der Waals surface area contributed by atoms with Gasteiger partial charge in [0.05, 0.1) is 10.2 Å². The van der Waals surface area contributed by atoms with Crippen LogP contribution in [0.15, 0.2) is 36.4 Å². The highest BCUT2D eigenvalue weighted by atomic mass is 35.5. The van der Waals surface area contributed by atoms with Crippen molar-refractivity contribution >= 4 is 44.2 Å². The van der Waals surface area contributed by atoms with Gasteiger partial charge in [0.15, 0.2) is 11.2 Å². The van der Waals surface area contributed by atoms with E-state index in [1.165, 1.54) is 16.9 Å². The third-order valence-electron chi connectivity index (χ3n) is 4.08. The predicted molar refractivity (Wildman–Crippen MR) is 97.2 cm³/mol. The minimum atomic E-state index is -0.545. The molecule has 0 bridgehead atoms. The number of halogens is 1. The first-order chi connectivity index (χ1) is 11.6. The van der Waals surface area contributed by atoms with Gasteiger partial charge in [-0.2, -0.15) is 0 Å². The number of amides is 1. The smallest absolute Gasteiger partial charge is 0.267 e. The van der Waals surface area contributed by atoms with E-state index in [1.54, 1.807) is 12.1 Å². The molecule has 0 saturated heterocycles. The van der Waals surface area contributed by atoms with E-state index in [1.807, 2.05) is 12.1 Å². The van der Waals surface area contributed by atoms with Gasteiger partial charge >= 0.3 is 0 Å². The van der Waals surface area contributed by atoms with E-state index in [0.29, 0.717) is 16.6 Å². The SMILES string of the molecule is CCc1ccc2nc(NC(=O)C3Cc4cc(Cl)ccc4O3)sc2c1. The van der Waals surface area contributed by atoms with Crippen LogP contribution in [0.5, 0.6) is 5.75 Å². The molecule has 1 amide bonds. The standard InChI is InChI=1S/C18H15ClN2O2S/c1-2-10-3-5-13-16(7-10)24-18(20-13)21-17(22)15-9-11-8-12(19)4-6-14(11)23-15/h3-8,15H,2,9H2,1H3,(H,20,21,22). The summed E-state index contributed by atoms with van der Waals surface area (Å²) in [5, 5.41) is 4.12. The normalized spacial score (nSPS) is 16.0. The Bertz CT molecular complexity index is 938. The molecule has 6 heteroatoms. The maximum Gasteiger partial charge on any atom is 0.267 e. The molecule has 1 aliphatic rings. The second-order valence-corrected chi connectivity index (χ2v) is 7.19. The van der Waals surface area contributed by atoms with Crippen molar-refractivity contribution in [1.29, 1.82) is 0 Å². The first-order valence-electron chi connectivity index (χ1n) is 7.78. The number of thiazole rings is 1. The number of ether oxygens (including phenoxy) is 1. The summed E-state index contributed by atoms with van der Waals surface area (Å²) in [6.07, 6.45) is 0.954. The second-order valence-electron chi connectivity index (χ2n) is 5.73. The van der Waals surface area contributed by atoms with E-state index in [9.17, 15) is 4.79 Å². The van der Waals surface area contributed by atoms with Crippen molar-refractivity contribution in [2.45, 2.75) is 25.9 Å². The van der Waals surface area contributed by atoms with Gasteiger partial charge in [-0.1, -0.05) is 35.9 Å². The number of anilines is 1. The maximum atomic E-state index is 12.5. The lowest BCUT2D eigenvalue weighted by molar-refractivity contribution is -0.122. The largest absolute Gasteiger partial charge is 0.480 e. The van der Waals surface area contributed by atoms with Crippen molar-refractivity contribution in [3.05, 3.63) is 52.5 Å². The maximum absolute atomic E-state index is 12.5. The summed E-state index contributed by atoms with van der Waals surface area (Å²) in [4.78, 5) is 16.9. The van der Waals surface area contributed by atoms with Gasteiger partial charge in [0, 0.05) is 11.4 Å². The Morgan fingerprint density at radius 3 is 3.08 bits per heavy atom. The number of nitrogens with zero attached hydrogens (tertiary/aromatic N) is 1. The Labute approximate surface area is 148 Å². The number of fused-ring (bicyclic) bond motifs is 2. The van der Waals surface area contributed by atoms with Crippen molar-refractivity contribution < 1.29 is 9.53 Å². The van der Waals surface area contributed by atoms with Crippen LogP contribution in [0.4, 0.5) is 5.13 Å². The number of carbonyl (C=O) groups is 1. The highest BCUT2D eigenvalue weighted by Gasteiger charge is 2.29. The van der Waals surface area contributed by atoms with Crippen LogP contribution >= 0.6 is 22.9 Å². The molecule has 3 aromatic rings. The lowest BCUT2D eigenvalue weighted by Gasteiger charge is -2.09.